The van der Waals surface area contributed by atoms with E-state index in [0.29, 0.717) is 11.8 Å². The summed E-state index contributed by atoms with van der Waals surface area (Å²) in [6.45, 7) is 4.30. The van der Waals surface area contributed by atoms with E-state index < -0.39 is 0 Å². The molecule has 0 unspecified atom stereocenters. The topological polar surface area (TPSA) is 44.7 Å². The summed E-state index contributed by atoms with van der Waals surface area (Å²) in [4.78, 5) is 2.59. The summed E-state index contributed by atoms with van der Waals surface area (Å²) < 4.78 is 5.18. The molecule has 1 saturated heterocycles. The zero-order valence-electron chi connectivity index (χ0n) is 12.8. The molecule has 4 heteroatoms. The number of hydrogen-bond donors (Lipinski definition) is 2. The van der Waals surface area contributed by atoms with Crippen LogP contribution in [-0.2, 0) is 0 Å². The molecule has 21 heavy (non-hydrogen) atoms. The maximum absolute atomic E-state index is 10.1. The molecule has 4 nitrogen and oxygen atoms in total. The fourth-order valence-corrected chi connectivity index (χ4v) is 3.91. The van der Waals surface area contributed by atoms with Gasteiger partial charge in [0.2, 0.25) is 0 Å². The van der Waals surface area contributed by atoms with Crippen LogP contribution in [0.25, 0.3) is 0 Å². The van der Waals surface area contributed by atoms with Gasteiger partial charge in [0.05, 0.1) is 7.11 Å². The summed E-state index contributed by atoms with van der Waals surface area (Å²) in [6.07, 6.45) is 5.30. The second-order valence-electron chi connectivity index (χ2n) is 6.21. The summed E-state index contributed by atoms with van der Waals surface area (Å²) in [5.41, 5.74) is 1.24. The van der Waals surface area contributed by atoms with Crippen LogP contribution in [0, 0.1) is 5.92 Å². The SMILES string of the molecule is COc1ccc([C@H](C2CCCC2)N2CCNCC2)cc1O. The number of phenolic OH excluding ortho intramolecular Hbond substituents is 1. The van der Waals surface area contributed by atoms with Crippen LogP contribution >= 0.6 is 0 Å². The van der Waals surface area contributed by atoms with Crippen LogP contribution in [0.5, 0.6) is 11.5 Å². The van der Waals surface area contributed by atoms with Crippen LogP contribution < -0.4 is 10.1 Å². The molecule has 2 N–H and O–H groups in total. The van der Waals surface area contributed by atoms with Gasteiger partial charge in [-0.25, -0.2) is 0 Å². The minimum atomic E-state index is 0.258. The smallest absolute Gasteiger partial charge is 0.160 e. The van der Waals surface area contributed by atoms with E-state index in [1.807, 2.05) is 12.1 Å². The molecule has 1 aliphatic carbocycles. The summed E-state index contributed by atoms with van der Waals surface area (Å²) >= 11 is 0. The van der Waals surface area contributed by atoms with Crippen LogP contribution in [0.4, 0.5) is 0 Å². The molecule has 1 aromatic carbocycles. The minimum absolute atomic E-state index is 0.258. The van der Waals surface area contributed by atoms with Crippen molar-refractivity contribution < 1.29 is 9.84 Å². The van der Waals surface area contributed by atoms with Gasteiger partial charge in [-0.3, -0.25) is 4.90 Å². The van der Waals surface area contributed by atoms with Crippen molar-refractivity contribution in [3.05, 3.63) is 23.8 Å². The van der Waals surface area contributed by atoms with Crippen molar-refractivity contribution in [1.82, 2.24) is 10.2 Å². The molecule has 1 saturated carbocycles. The van der Waals surface area contributed by atoms with Crippen molar-refractivity contribution in [1.29, 1.82) is 0 Å². The first-order chi connectivity index (χ1) is 10.3. The third-order valence-electron chi connectivity index (χ3n) is 4.94. The highest BCUT2D eigenvalue weighted by molar-refractivity contribution is 5.43. The summed E-state index contributed by atoms with van der Waals surface area (Å²) in [7, 11) is 1.60. The lowest BCUT2D eigenvalue weighted by molar-refractivity contribution is 0.125. The van der Waals surface area contributed by atoms with Crippen molar-refractivity contribution >= 4 is 0 Å². The number of ether oxygens (including phenoxy) is 1. The average molecular weight is 290 g/mol. The van der Waals surface area contributed by atoms with E-state index in [4.69, 9.17) is 4.74 Å². The van der Waals surface area contributed by atoms with Crippen LogP contribution in [-0.4, -0.2) is 43.3 Å². The Labute approximate surface area is 127 Å². The number of methoxy groups -OCH3 is 1. The molecule has 0 aromatic heterocycles. The van der Waals surface area contributed by atoms with Gasteiger partial charge in [0, 0.05) is 32.2 Å². The van der Waals surface area contributed by atoms with Gasteiger partial charge in [-0.1, -0.05) is 18.9 Å². The maximum Gasteiger partial charge on any atom is 0.160 e. The van der Waals surface area contributed by atoms with Gasteiger partial charge in [0.1, 0.15) is 0 Å². The number of hydrogen-bond acceptors (Lipinski definition) is 4. The molecule has 0 radical (unpaired) electrons. The van der Waals surface area contributed by atoms with Crippen LogP contribution in [0.2, 0.25) is 0 Å². The molecule has 2 aliphatic rings. The van der Waals surface area contributed by atoms with Crippen LogP contribution in [0.15, 0.2) is 18.2 Å². The van der Waals surface area contributed by atoms with Gasteiger partial charge in [-0.15, -0.1) is 0 Å². The average Bonchev–Trinajstić information content (AvgIpc) is 3.03. The van der Waals surface area contributed by atoms with Crippen LogP contribution in [0.1, 0.15) is 37.3 Å². The minimum Gasteiger partial charge on any atom is -0.504 e. The van der Waals surface area contributed by atoms with Gasteiger partial charge in [-0.2, -0.15) is 0 Å². The Morgan fingerprint density at radius 3 is 2.57 bits per heavy atom. The van der Waals surface area contributed by atoms with E-state index in [1.54, 1.807) is 7.11 Å². The Kier molecular flexibility index (Phi) is 4.66. The highest BCUT2D eigenvalue weighted by atomic mass is 16.5. The van der Waals surface area contributed by atoms with E-state index in [2.05, 4.69) is 16.3 Å². The van der Waals surface area contributed by atoms with Gasteiger partial charge < -0.3 is 15.2 Å². The predicted molar refractivity (Wildman–Crippen MR) is 83.8 cm³/mol. The summed E-state index contributed by atoms with van der Waals surface area (Å²) in [5.74, 6) is 1.54. The second kappa shape index (κ2) is 6.67. The molecular formula is C17H26N2O2. The Balaban J connectivity index is 1.88. The van der Waals surface area contributed by atoms with E-state index in [0.717, 1.165) is 32.1 Å². The monoisotopic (exact) mass is 290 g/mol. The molecule has 1 aliphatic heterocycles. The second-order valence-corrected chi connectivity index (χ2v) is 6.21. The molecular weight excluding hydrogens is 264 g/mol. The van der Waals surface area contributed by atoms with Crippen molar-refractivity contribution in [2.75, 3.05) is 33.3 Å². The van der Waals surface area contributed by atoms with Gasteiger partial charge >= 0.3 is 0 Å². The standard InChI is InChI=1S/C17H26N2O2/c1-21-16-7-6-14(12-15(16)20)17(13-4-2-3-5-13)19-10-8-18-9-11-19/h6-7,12-13,17-18,20H,2-5,8-11H2,1H3/t17-/m0/s1. The first kappa shape index (κ1) is 14.7. The number of nitrogens with one attached hydrogen (secondary N) is 1. The van der Waals surface area contributed by atoms with Crippen LogP contribution in [0.3, 0.4) is 0 Å². The van der Waals surface area contributed by atoms with Crippen molar-refractivity contribution in [2.24, 2.45) is 5.92 Å². The van der Waals surface area contributed by atoms with E-state index >= 15 is 0 Å². The first-order valence-electron chi connectivity index (χ1n) is 8.11. The quantitative estimate of drug-likeness (QED) is 0.894. The number of phenols is 1. The molecule has 3 rings (SSSR count). The zero-order chi connectivity index (χ0) is 14.7. The number of nitrogens with zero attached hydrogens (tertiary/aromatic N) is 1. The highest BCUT2D eigenvalue weighted by Crippen LogP contribution is 2.41. The Morgan fingerprint density at radius 2 is 1.95 bits per heavy atom. The number of aromatic hydroxyl groups is 1. The Morgan fingerprint density at radius 1 is 1.24 bits per heavy atom. The molecule has 1 atom stereocenters. The van der Waals surface area contributed by atoms with Gasteiger partial charge in [0.25, 0.3) is 0 Å². The molecule has 0 bridgehead atoms. The molecule has 2 fully saturated rings. The number of piperazine rings is 1. The molecule has 1 aromatic rings. The third-order valence-corrected chi connectivity index (χ3v) is 4.94. The van der Waals surface area contributed by atoms with Crippen molar-refractivity contribution in [3.63, 3.8) is 0 Å². The lowest BCUT2D eigenvalue weighted by Crippen LogP contribution is -2.46. The highest BCUT2D eigenvalue weighted by Gasteiger charge is 2.32. The fraction of sp³-hybridized carbons (Fsp3) is 0.647. The third kappa shape index (κ3) is 3.16. The van der Waals surface area contributed by atoms with E-state index in [-0.39, 0.29) is 5.75 Å². The van der Waals surface area contributed by atoms with Gasteiger partial charge in [0.15, 0.2) is 11.5 Å². The van der Waals surface area contributed by atoms with Gasteiger partial charge in [-0.05, 0) is 36.5 Å². The maximum atomic E-state index is 10.1. The summed E-state index contributed by atoms with van der Waals surface area (Å²) in [6, 6.07) is 6.37. The lowest BCUT2D eigenvalue weighted by Gasteiger charge is -2.38. The first-order valence-corrected chi connectivity index (χ1v) is 8.11. The molecule has 116 valence electrons. The molecule has 0 spiro atoms. The fourth-order valence-electron chi connectivity index (χ4n) is 3.91. The van der Waals surface area contributed by atoms with E-state index in [1.165, 1.54) is 31.2 Å². The number of rotatable bonds is 4. The Bertz CT molecular complexity index is 466. The molecule has 0 amide bonds. The molecule has 1 heterocycles. The predicted octanol–water partition coefficient (Wildman–Crippen LogP) is 2.54. The lowest BCUT2D eigenvalue weighted by atomic mass is 9.89. The van der Waals surface area contributed by atoms with Crippen molar-refractivity contribution in [2.45, 2.75) is 31.7 Å². The van der Waals surface area contributed by atoms with Crippen molar-refractivity contribution in [3.8, 4) is 11.5 Å². The zero-order valence-corrected chi connectivity index (χ0v) is 12.8. The Hall–Kier alpha value is -1.26. The summed E-state index contributed by atoms with van der Waals surface area (Å²) in [5, 5.41) is 13.6. The van der Waals surface area contributed by atoms with E-state index in [9.17, 15) is 5.11 Å². The number of benzene rings is 1. The normalized spacial score (nSPS) is 22.3. The largest absolute Gasteiger partial charge is 0.504 e.